The van der Waals surface area contributed by atoms with Crippen molar-refractivity contribution in [1.29, 1.82) is 0 Å². The van der Waals surface area contributed by atoms with E-state index in [2.05, 4.69) is 43.9 Å². The van der Waals surface area contributed by atoms with Crippen molar-refractivity contribution in [2.75, 3.05) is 6.61 Å². The van der Waals surface area contributed by atoms with Crippen molar-refractivity contribution in [3.8, 4) is 11.3 Å². The van der Waals surface area contributed by atoms with Gasteiger partial charge < -0.3 is 14.7 Å². The first-order valence-corrected chi connectivity index (χ1v) is 15.1. The highest BCUT2D eigenvalue weighted by Gasteiger charge is 2.47. The number of benzene rings is 2. The highest BCUT2D eigenvalue weighted by molar-refractivity contribution is 6.01. The Morgan fingerprint density at radius 3 is 2.02 bits per heavy atom. The molecule has 6 nitrogen and oxygen atoms in total. The van der Waals surface area contributed by atoms with Crippen LogP contribution in [0.25, 0.3) is 22.2 Å². The lowest BCUT2D eigenvalue weighted by atomic mass is 9.81. The van der Waals surface area contributed by atoms with Crippen LogP contribution in [0.2, 0.25) is 0 Å². The number of aliphatic hydroxyl groups excluding tert-OH is 1. The van der Waals surface area contributed by atoms with Gasteiger partial charge >= 0.3 is 6.09 Å². The molecule has 1 N–H and O–H groups in total. The number of aryl methyl sites for hydroxylation is 2. The number of fused-ring (bicyclic) bond motifs is 3. The number of hydrogen-bond donors (Lipinski definition) is 1. The van der Waals surface area contributed by atoms with Gasteiger partial charge in [-0.1, -0.05) is 13.0 Å². The molecular formula is C35H46N2O4. The Morgan fingerprint density at radius 1 is 0.951 bits per heavy atom. The fourth-order valence-electron chi connectivity index (χ4n) is 6.94. The molecule has 2 aromatic carbocycles. The Hall–Kier alpha value is -3.12. The van der Waals surface area contributed by atoms with Crippen LogP contribution >= 0.6 is 0 Å². The average Bonchev–Trinajstić information content (AvgIpc) is 3.60. The van der Waals surface area contributed by atoms with Gasteiger partial charge in [-0.2, -0.15) is 0 Å². The molecule has 1 aromatic heterocycles. The predicted octanol–water partition coefficient (Wildman–Crippen LogP) is 7.54. The van der Waals surface area contributed by atoms with Crippen LogP contribution in [-0.2, 0) is 14.9 Å². The van der Waals surface area contributed by atoms with E-state index in [1.54, 1.807) is 4.57 Å². The van der Waals surface area contributed by atoms with E-state index in [0.717, 1.165) is 64.6 Å². The lowest BCUT2D eigenvalue weighted by Crippen LogP contribution is -2.45. The molecule has 3 aromatic rings. The van der Waals surface area contributed by atoms with Crippen LogP contribution in [0.5, 0.6) is 0 Å². The molecule has 41 heavy (non-hydrogen) atoms. The number of amides is 1. The largest absolute Gasteiger partial charge is 0.443 e. The van der Waals surface area contributed by atoms with Crippen molar-refractivity contribution in [3.63, 3.8) is 0 Å². The Bertz CT molecular complexity index is 1480. The van der Waals surface area contributed by atoms with E-state index in [1.807, 2.05) is 53.7 Å². The van der Waals surface area contributed by atoms with Gasteiger partial charge in [0.05, 0.1) is 16.6 Å². The molecule has 2 aliphatic heterocycles. The molecule has 6 heteroatoms. The van der Waals surface area contributed by atoms with Gasteiger partial charge in [0.25, 0.3) is 0 Å². The molecule has 2 fully saturated rings. The number of nitrogens with zero attached hydrogens (tertiary/aromatic N) is 2. The number of carbonyl (C=O) groups excluding carboxylic acids is 2. The third-order valence-electron chi connectivity index (χ3n) is 9.49. The summed E-state index contributed by atoms with van der Waals surface area (Å²) in [6.45, 7) is 17.8. The molecule has 2 saturated heterocycles. The van der Waals surface area contributed by atoms with Crippen LogP contribution < -0.4 is 0 Å². The molecule has 0 unspecified atom stereocenters. The minimum Gasteiger partial charge on any atom is -0.443 e. The molecular weight excluding hydrogens is 512 g/mol. The first-order chi connectivity index (χ1) is 19.2. The van der Waals surface area contributed by atoms with E-state index in [4.69, 9.17) is 4.74 Å². The second-order valence-corrected chi connectivity index (χ2v) is 13.9. The number of aromatic nitrogens is 1. The molecule has 1 atom stereocenters. The minimum absolute atomic E-state index is 0.0755. The van der Waals surface area contributed by atoms with Crippen LogP contribution in [0.1, 0.15) is 101 Å². The Balaban J connectivity index is 1.76. The summed E-state index contributed by atoms with van der Waals surface area (Å²) in [4.78, 5) is 30.1. The molecule has 2 bridgehead atoms. The maximum absolute atomic E-state index is 14.0. The highest BCUT2D eigenvalue weighted by atomic mass is 16.6. The third kappa shape index (κ3) is 4.98. The Labute approximate surface area is 244 Å². The van der Waals surface area contributed by atoms with E-state index in [0.29, 0.717) is 17.6 Å². The standard InChI is InChI=1S/C35H46N2O4/c1-20-16-24(17-21(2)23(20)4)31-30(22(3)19-38)28-18-25(10-15-29(28)37(31)33(40)41-34(5,6)7)35(8,9)32(39)36-26-11-12-27(36)14-13-26/h10,15-18,22,26-27,38H,11-14,19H2,1-9H3/t22-,26?,27?/m1/s1. The summed E-state index contributed by atoms with van der Waals surface area (Å²) >= 11 is 0. The molecule has 220 valence electrons. The molecule has 0 aliphatic carbocycles. The number of aliphatic hydroxyl groups is 1. The van der Waals surface area contributed by atoms with Crippen LogP contribution in [0.3, 0.4) is 0 Å². The number of hydrogen-bond acceptors (Lipinski definition) is 4. The summed E-state index contributed by atoms with van der Waals surface area (Å²) in [5.41, 5.74) is 6.24. The maximum Gasteiger partial charge on any atom is 0.419 e. The lowest BCUT2D eigenvalue weighted by Gasteiger charge is -2.33. The minimum atomic E-state index is -0.732. The second kappa shape index (κ2) is 10.3. The molecule has 0 saturated carbocycles. The van der Waals surface area contributed by atoms with Gasteiger partial charge in [-0.25, -0.2) is 9.36 Å². The van der Waals surface area contributed by atoms with Gasteiger partial charge in [0, 0.05) is 30.0 Å². The normalized spacial score (nSPS) is 19.7. The average molecular weight is 559 g/mol. The summed E-state index contributed by atoms with van der Waals surface area (Å²) in [7, 11) is 0. The summed E-state index contributed by atoms with van der Waals surface area (Å²) in [5, 5.41) is 11.3. The van der Waals surface area contributed by atoms with Crippen molar-refractivity contribution < 1.29 is 19.4 Å². The zero-order valence-corrected chi connectivity index (χ0v) is 26.2. The van der Waals surface area contributed by atoms with Crippen LogP contribution in [-0.4, -0.2) is 50.9 Å². The zero-order chi connectivity index (χ0) is 30.0. The van der Waals surface area contributed by atoms with E-state index < -0.39 is 17.1 Å². The summed E-state index contributed by atoms with van der Waals surface area (Å²) in [6, 6.07) is 11.0. The summed E-state index contributed by atoms with van der Waals surface area (Å²) < 4.78 is 7.61. The zero-order valence-electron chi connectivity index (χ0n) is 26.2. The van der Waals surface area contributed by atoms with Crippen molar-refractivity contribution >= 4 is 22.9 Å². The number of rotatable bonds is 5. The molecule has 3 heterocycles. The highest BCUT2D eigenvalue weighted by Crippen LogP contribution is 2.44. The van der Waals surface area contributed by atoms with E-state index >= 15 is 0 Å². The van der Waals surface area contributed by atoms with Crippen molar-refractivity contribution in [2.45, 2.75) is 117 Å². The fraction of sp³-hybridized carbons (Fsp3) is 0.543. The van der Waals surface area contributed by atoms with Gasteiger partial charge in [0.2, 0.25) is 5.91 Å². The Kier molecular flexibility index (Phi) is 7.38. The molecule has 0 radical (unpaired) electrons. The molecule has 5 rings (SSSR count). The smallest absolute Gasteiger partial charge is 0.419 e. The first kappa shape index (κ1) is 29.4. The SMILES string of the molecule is Cc1cc(-c2c([C@H](C)CO)c3cc(C(C)(C)C(=O)N4C5CCC4CC5)ccc3n2C(=O)OC(C)(C)C)cc(C)c1C. The fourth-order valence-corrected chi connectivity index (χ4v) is 6.94. The number of ether oxygens (including phenoxy) is 1. The monoisotopic (exact) mass is 558 g/mol. The lowest BCUT2D eigenvalue weighted by molar-refractivity contribution is -0.137. The third-order valence-corrected chi connectivity index (χ3v) is 9.49. The van der Waals surface area contributed by atoms with Gasteiger partial charge in [0.15, 0.2) is 0 Å². The Morgan fingerprint density at radius 2 is 1.51 bits per heavy atom. The van der Waals surface area contributed by atoms with Gasteiger partial charge in [-0.05, 0) is 139 Å². The quantitative estimate of drug-likeness (QED) is 0.351. The van der Waals surface area contributed by atoms with Crippen LogP contribution in [0, 0.1) is 20.8 Å². The predicted molar refractivity (Wildman–Crippen MR) is 165 cm³/mol. The molecule has 2 aliphatic rings. The topological polar surface area (TPSA) is 71.8 Å². The summed E-state index contributed by atoms with van der Waals surface area (Å²) in [6.07, 6.45) is 3.94. The van der Waals surface area contributed by atoms with Crippen molar-refractivity contribution in [2.24, 2.45) is 0 Å². The van der Waals surface area contributed by atoms with E-state index in [1.165, 1.54) is 5.56 Å². The van der Waals surface area contributed by atoms with Crippen LogP contribution in [0.4, 0.5) is 4.79 Å². The van der Waals surface area contributed by atoms with Crippen LogP contribution in [0.15, 0.2) is 30.3 Å². The first-order valence-electron chi connectivity index (χ1n) is 15.1. The van der Waals surface area contributed by atoms with E-state index in [-0.39, 0.29) is 18.4 Å². The van der Waals surface area contributed by atoms with Gasteiger partial charge in [-0.15, -0.1) is 0 Å². The maximum atomic E-state index is 14.0. The summed E-state index contributed by atoms with van der Waals surface area (Å²) in [5.74, 6) is -0.0724. The molecule has 1 amide bonds. The van der Waals surface area contributed by atoms with Crippen molar-refractivity contribution in [1.82, 2.24) is 9.47 Å². The molecule has 0 spiro atoms. The van der Waals surface area contributed by atoms with Crippen molar-refractivity contribution in [3.05, 3.63) is 58.1 Å². The number of carbonyl (C=O) groups is 2. The van der Waals surface area contributed by atoms with Gasteiger partial charge in [-0.3, -0.25) is 4.79 Å². The van der Waals surface area contributed by atoms with E-state index in [9.17, 15) is 14.7 Å². The second-order valence-electron chi connectivity index (χ2n) is 13.9. The van der Waals surface area contributed by atoms with Gasteiger partial charge in [0.1, 0.15) is 5.60 Å².